The van der Waals surface area contributed by atoms with Gasteiger partial charge in [-0.25, -0.2) is 4.79 Å². The van der Waals surface area contributed by atoms with Crippen LogP contribution in [0.2, 0.25) is 0 Å². The third-order valence-corrected chi connectivity index (χ3v) is 8.04. The van der Waals surface area contributed by atoms with Gasteiger partial charge in [-0.2, -0.15) is 0 Å². The van der Waals surface area contributed by atoms with Crippen LogP contribution in [0.25, 0.3) is 5.65 Å². The van der Waals surface area contributed by atoms with Crippen LogP contribution in [0.1, 0.15) is 11.1 Å². The second-order valence-electron chi connectivity index (χ2n) is 7.85. The predicted octanol–water partition coefficient (Wildman–Crippen LogP) is 0.0514. The number of hydrogen-bond donors (Lipinski definition) is 3. The van der Waals surface area contributed by atoms with Crippen LogP contribution < -0.4 is 11.1 Å². The molecule has 2 aliphatic heterocycles. The van der Waals surface area contributed by atoms with Crippen molar-refractivity contribution in [1.82, 2.24) is 35.5 Å². The van der Waals surface area contributed by atoms with Crippen LogP contribution in [0.5, 0.6) is 0 Å². The molecule has 1 saturated heterocycles. The van der Waals surface area contributed by atoms with E-state index in [2.05, 4.69) is 25.9 Å². The summed E-state index contributed by atoms with van der Waals surface area (Å²) >= 11 is 2.76. The van der Waals surface area contributed by atoms with Crippen LogP contribution in [-0.4, -0.2) is 76.0 Å². The van der Waals surface area contributed by atoms with E-state index in [1.807, 2.05) is 24.3 Å². The standard InChI is InChI=1S/C21H20N8O4S2/c22-8-12-4-2-1-3-11(12)7-15(30)23-17-19(31)28-18(21(32)33)13(10-35-20(17)28)9-34-16-6-5-14-24-26-27-29(14)25-16/h1-6,17,20H,7-10,22H2,(H,23,30)(H,32,33)/t17-,20+/m0/s1. The molecule has 4 heterocycles. The van der Waals surface area contributed by atoms with Crippen molar-refractivity contribution in [2.45, 2.75) is 29.4 Å². The Labute approximate surface area is 207 Å². The van der Waals surface area contributed by atoms with Crippen molar-refractivity contribution in [2.75, 3.05) is 11.5 Å². The summed E-state index contributed by atoms with van der Waals surface area (Å²) in [6.07, 6.45) is 0.0939. The number of fused-ring (bicyclic) bond motifs is 2. The van der Waals surface area contributed by atoms with E-state index in [1.54, 1.807) is 12.1 Å². The molecule has 0 aliphatic carbocycles. The lowest BCUT2D eigenvalue weighted by molar-refractivity contribution is -0.150. The molecule has 2 amide bonds. The van der Waals surface area contributed by atoms with E-state index in [0.29, 0.717) is 34.3 Å². The number of carboxylic acids is 1. The predicted molar refractivity (Wildman–Crippen MR) is 127 cm³/mol. The zero-order valence-corrected chi connectivity index (χ0v) is 19.8. The van der Waals surface area contributed by atoms with Crippen LogP contribution in [0.15, 0.2) is 52.7 Å². The van der Waals surface area contributed by atoms with E-state index in [-0.39, 0.29) is 18.0 Å². The summed E-state index contributed by atoms with van der Waals surface area (Å²) in [5.41, 5.74) is 8.48. The maximum absolute atomic E-state index is 12.9. The summed E-state index contributed by atoms with van der Waals surface area (Å²) in [6, 6.07) is 10.1. The first-order valence-corrected chi connectivity index (χ1v) is 12.6. The van der Waals surface area contributed by atoms with Gasteiger partial charge < -0.3 is 16.2 Å². The van der Waals surface area contributed by atoms with Crippen LogP contribution in [0.3, 0.4) is 0 Å². The molecule has 3 aromatic rings. The SMILES string of the molecule is NCc1ccccc1CC(=O)N[C@H]1C(=O)N2C(C(=O)O)=C(CSc3ccc4nnnn4n3)CS[C@H]12. The summed E-state index contributed by atoms with van der Waals surface area (Å²) in [5.74, 6) is -1.17. The number of carbonyl (C=O) groups is 3. The number of carboxylic acid groups (broad SMARTS) is 1. The highest BCUT2D eigenvalue weighted by atomic mass is 32.2. The van der Waals surface area contributed by atoms with Gasteiger partial charge in [-0.3, -0.25) is 14.5 Å². The first-order chi connectivity index (χ1) is 17.0. The average molecular weight is 513 g/mol. The molecule has 2 atom stereocenters. The van der Waals surface area contributed by atoms with E-state index < -0.39 is 23.3 Å². The van der Waals surface area contributed by atoms with Gasteiger partial charge in [-0.05, 0) is 39.3 Å². The molecule has 14 heteroatoms. The molecule has 0 unspecified atom stereocenters. The largest absolute Gasteiger partial charge is 0.477 e. The molecular weight excluding hydrogens is 492 g/mol. The van der Waals surface area contributed by atoms with Gasteiger partial charge in [0, 0.05) is 18.1 Å². The number of thioether (sulfide) groups is 2. The summed E-state index contributed by atoms with van der Waals surface area (Å²) in [4.78, 5) is 38.9. The molecule has 5 rings (SSSR count). The molecule has 2 aliphatic rings. The zero-order valence-electron chi connectivity index (χ0n) is 18.2. The minimum atomic E-state index is -1.18. The minimum Gasteiger partial charge on any atom is -0.477 e. The number of rotatable bonds is 8. The van der Waals surface area contributed by atoms with Crippen molar-refractivity contribution in [1.29, 1.82) is 0 Å². The summed E-state index contributed by atoms with van der Waals surface area (Å²) in [6.45, 7) is 0.310. The number of nitrogens with zero attached hydrogens (tertiary/aromatic N) is 6. The highest BCUT2D eigenvalue weighted by Gasteiger charge is 2.54. The van der Waals surface area contributed by atoms with Crippen molar-refractivity contribution >= 4 is 47.0 Å². The van der Waals surface area contributed by atoms with Gasteiger partial charge in [0.25, 0.3) is 5.91 Å². The Morgan fingerprint density at radius 1 is 1.23 bits per heavy atom. The van der Waals surface area contributed by atoms with Crippen molar-refractivity contribution in [3.8, 4) is 0 Å². The quantitative estimate of drug-likeness (QED) is 0.275. The third-order valence-electron chi connectivity index (χ3n) is 5.69. The maximum Gasteiger partial charge on any atom is 0.352 e. The van der Waals surface area contributed by atoms with Crippen LogP contribution in [-0.2, 0) is 27.3 Å². The fraction of sp³-hybridized carbons (Fsp3) is 0.286. The second kappa shape index (κ2) is 9.64. The lowest BCUT2D eigenvalue weighted by Gasteiger charge is -2.49. The van der Waals surface area contributed by atoms with E-state index >= 15 is 0 Å². The number of aliphatic carboxylic acids is 1. The molecule has 2 aromatic heterocycles. The van der Waals surface area contributed by atoms with Gasteiger partial charge >= 0.3 is 5.97 Å². The number of hydrogen-bond acceptors (Lipinski definition) is 10. The monoisotopic (exact) mass is 512 g/mol. The first kappa shape index (κ1) is 23.3. The highest BCUT2D eigenvalue weighted by molar-refractivity contribution is 8.01. The first-order valence-electron chi connectivity index (χ1n) is 10.6. The molecule has 0 radical (unpaired) electrons. The Hall–Kier alpha value is -3.49. The van der Waals surface area contributed by atoms with Crippen LogP contribution in [0, 0.1) is 0 Å². The van der Waals surface area contributed by atoms with Crippen molar-refractivity contribution < 1.29 is 19.5 Å². The number of benzene rings is 1. The number of carbonyl (C=O) groups excluding carboxylic acids is 2. The lowest BCUT2D eigenvalue weighted by Crippen LogP contribution is -2.70. The number of aromatic nitrogens is 5. The number of β-lactam (4-membered cyclic amide) rings is 1. The van der Waals surface area contributed by atoms with Gasteiger partial charge in [0.2, 0.25) is 5.91 Å². The van der Waals surface area contributed by atoms with E-state index in [1.165, 1.54) is 33.1 Å². The topological polar surface area (TPSA) is 169 Å². The molecule has 0 bridgehead atoms. The number of tetrazole rings is 1. The van der Waals surface area contributed by atoms with Crippen LogP contribution >= 0.6 is 23.5 Å². The minimum absolute atomic E-state index is 0.0336. The number of amides is 2. The molecule has 1 fully saturated rings. The molecule has 4 N–H and O–H groups in total. The normalized spacial score (nSPS) is 19.5. The molecule has 1 aromatic carbocycles. The van der Waals surface area contributed by atoms with Gasteiger partial charge in [0.15, 0.2) is 5.65 Å². The summed E-state index contributed by atoms with van der Waals surface area (Å²) in [5, 5.41) is 28.2. The van der Waals surface area contributed by atoms with Crippen molar-refractivity contribution in [3.63, 3.8) is 0 Å². The Morgan fingerprint density at radius 3 is 2.80 bits per heavy atom. The van der Waals surface area contributed by atoms with Gasteiger partial charge in [-0.15, -0.1) is 38.4 Å². The van der Waals surface area contributed by atoms with Gasteiger partial charge in [0.1, 0.15) is 22.1 Å². The van der Waals surface area contributed by atoms with Gasteiger partial charge in [0.05, 0.1) is 6.42 Å². The Balaban J connectivity index is 1.27. The summed E-state index contributed by atoms with van der Waals surface area (Å²) in [7, 11) is 0. The Kier molecular flexibility index (Phi) is 6.40. The van der Waals surface area contributed by atoms with E-state index in [9.17, 15) is 19.5 Å². The Morgan fingerprint density at radius 2 is 2.03 bits per heavy atom. The lowest BCUT2D eigenvalue weighted by atomic mass is 10.0. The van der Waals surface area contributed by atoms with Crippen molar-refractivity contribution in [2.24, 2.45) is 5.73 Å². The number of nitrogens with one attached hydrogen (secondary N) is 1. The van der Waals surface area contributed by atoms with Crippen LogP contribution in [0.4, 0.5) is 0 Å². The third kappa shape index (κ3) is 4.47. The summed E-state index contributed by atoms with van der Waals surface area (Å²) < 4.78 is 1.29. The van der Waals surface area contributed by atoms with E-state index in [0.717, 1.165) is 11.1 Å². The molecular formula is C21H20N8O4S2. The molecule has 0 spiro atoms. The molecule has 35 heavy (non-hydrogen) atoms. The van der Waals surface area contributed by atoms with E-state index in [4.69, 9.17) is 5.73 Å². The number of nitrogens with two attached hydrogens (primary N) is 1. The second-order valence-corrected chi connectivity index (χ2v) is 9.95. The fourth-order valence-corrected chi connectivity index (χ4v) is 6.33. The average Bonchev–Trinajstić information content (AvgIpc) is 3.33. The molecule has 0 saturated carbocycles. The van der Waals surface area contributed by atoms with Crippen molar-refractivity contribution in [3.05, 3.63) is 58.8 Å². The smallest absolute Gasteiger partial charge is 0.352 e. The Bertz CT molecular complexity index is 1360. The fourth-order valence-electron chi connectivity index (χ4n) is 3.99. The van der Waals surface area contributed by atoms with Gasteiger partial charge in [-0.1, -0.05) is 24.3 Å². The highest BCUT2D eigenvalue weighted by Crippen LogP contribution is 2.41. The molecule has 12 nitrogen and oxygen atoms in total. The zero-order chi connectivity index (χ0) is 24.5. The maximum atomic E-state index is 12.9. The molecule has 180 valence electrons.